The van der Waals surface area contributed by atoms with Gasteiger partial charge in [0.2, 0.25) is 11.4 Å². The average molecular weight is 992 g/mol. The van der Waals surface area contributed by atoms with E-state index < -0.39 is 0 Å². The molecule has 0 radical (unpaired) electrons. The molecule has 0 atom stereocenters. The van der Waals surface area contributed by atoms with Gasteiger partial charge in [0.1, 0.15) is 0 Å². The molecule has 2 nitrogen and oxygen atoms in total. The van der Waals surface area contributed by atoms with Gasteiger partial charge in [-0.25, -0.2) is 4.70 Å². The fourth-order valence-electron chi connectivity index (χ4n) is 9.49. The third-order valence-electron chi connectivity index (χ3n) is 14.3. The zero-order chi connectivity index (χ0) is 50.2. The largest absolute Gasteiger partial charge is 2.00 e. The predicted molar refractivity (Wildman–Crippen MR) is 308 cm³/mol. The fourth-order valence-corrected chi connectivity index (χ4v) is 9.49. The molecule has 0 saturated carbocycles. The SMILES string of the molecule is CCCCCCCCCCCCCCCCCCCCCC=CC1=C(c2cc(C)c(C)c(C)c2)[N+](=[N-])C(c2cc(CCCC)c(CCCC)c(CCCC)c2)=C1CCCC.[CH2-]CCC.[CH2-]CCC.[Ni+2]. The van der Waals surface area contributed by atoms with E-state index in [1.807, 2.05) is 0 Å². The molecule has 69 heavy (non-hydrogen) atoms. The molecule has 0 saturated heterocycles. The van der Waals surface area contributed by atoms with Crippen molar-refractivity contribution < 1.29 is 21.2 Å². The van der Waals surface area contributed by atoms with Gasteiger partial charge >= 0.3 is 16.5 Å². The number of aryl methyl sites for hydroxylation is 4. The van der Waals surface area contributed by atoms with Crippen molar-refractivity contribution in [1.82, 2.24) is 0 Å². The van der Waals surface area contributed by atoms with Crippen LogP contribution < -0.4 is 0 Å². The zero-order valence-corrected chi connectivity index (χ0v) is 48.5. The number of benzene rings is 2. The summed E-state index contributed by atoms with van der Waals surface area (Å²) in [4.78, 5) is 0. The molecule has 0 aliphatic carbocycles. The molecule has 3 rings (SSSR count). The maximum Gasteiger partial charge on any atom is 2.00 e. The summed E-state index contributed by atoms with van der Waals surface area (Å²) in [6, 6.07) is 9.57. The van der Waals surface area contributed by atoms with Crippen LogP contribution in [0.3, 0.4) is 0 Å². The number of hydrogen-bond acceptors (Lipinski definition) is 0. The Morgan fingerprint density at radius 3 is 1.17 bits per heavy atom. The molecule has 0 spiro atoms. The monoisotopic (exact) mass is 991 g/mol. The van der Waals surface area contributed by atoms with Crippen molar-refractivity contribution >= 4 is 11.4 Å². The summed E-state index contributed by atoms with van der Waals surface area (Å²) in [6.07, 6.45) is 51.2. The van der Waals surface area contributed by atoms with Gasteiger partial charge in [0.25, 0.3) is 0 Å². The van der Waals surface area contributed by atoms with Crippen LogP contribution in [0.4, 0.5) is 0 Å². The summed E-state index contributed by atoms with van der Waals surface area (Å²) < 4.78 is 1.61. The Balaban J connectivity index is 0.00000475. The maximum absolute atomic E-state index is 12.5. The maximum atomic E-state index is 12.5. The Hall–Kier alpha value is -2.25. The third-order valence-corrected chi connectivity index (χ3v) is 14.3. The van der Waals surface area contributed by atoms with Crippen LogP contribution >= 0.6 is 0 Å². The summed E-state index contributed by atoms with van der Waals surface area (Å²) in [7, 11) is 0. The zero-order valence-electron chi connectivity index (χ0n) is 47.5. The van der Waals surface area contributed by atoms with Gasteiger partial charge in [-0.1, -0.05) is 215 Å². The van der Waals surface area contributed by atoms with E-state index >= 15 is 0 Å². The van der Waals surface area contributed by atoms with Crippen LogP contribution in [0.25, 0.3) is 16.9 Å². The summed E-state index contributed by atoms with van der Waals surface area (Å²) in [5.74, 6) is 0. The smallest absolute Gasteiger partial charge is 0.493 e. The van der Waals surface area contributed by atoms with Gasteiger partial charge < -0.3 is 19.4 Å². The summed E-state index contributed by atoms with van der Waals surface area (Å²) in [6.45, 7) is 29.7. The van der Waals surface area contributed by atoms with Gasteiger partial charge in [0, 0.05) is 16.7 Å². The average Bonchev–Trinajstić information content (AvgIpc) is 3.63. The van der Waals surface area contributed by atoms with E-state index in [0.717, 1.165) is 68.3 Å². The first-order chi connectivity index (χ1) is 33.1. The summed E-state index contributed by atoms with van der Waals surface area (Å²) in [5.41, 5.74) is 28.0. The molecule has 0 N–H and O–H groups in total. The van der Waals surface area contributed by atoms with Crippen LogP contribution in [0.5, 0.6) is 0 Å². The molecule has 2 aromatic carbocycles. The van der Waals surface area contributed by atoms with E-state index in [1.54, 1.807) is 10.3 Å². The third kappa shape index (κ3) is 27.4. The van der Waals surface area contributed by atoms with Crippen LogP contribution in [0.1, 0.15) is 305 Å². The minimum atomic E-state index is 0. The first-order valence-electron chi connectivity index (χ1n) is 29.6. The van der Waals surface area contributed by atoms with Gasteiger partial charge in [-0.15, -0.1) is 0 Å². The number of rotatable bonds is 37. The molecule has 0 aromatic heterocycles. The summed E-state index contributed by atoms with van der Waals surface area (Å²) in [5, 5.41) is 0. The Bertz CT molecular complexity index is 1630. The molecule has 2 aromatic rings. The van der Waals surface area contributed by atoms with Crippen LogP contribution in [0.2, 0.25) is 0 Å². The second kappa shape index (κ2) is 44.5. The number of nitrogens with zero attached hydrogens (tertiary/aromatic N) is 2. The van der Waals surface area contributed by atoms with Crippen LogP contribution in [0.15, 0.2) is 47.6 Å². The Morgan fingerprint density at radius 2 is 0.783 bits per heavy atom. The minimum absolute atomic E-state index is 0. The van der Waals surface area contributed by atoms with Crippen molar-refractivity contribution in [2.45, 2.75) is 300 Å². The molecule has 0 unspecified atom stereocenters. The first kappa shape index (κ1) is 66.8. The van der Waals surface area contributed by atoms with Crippen LogP contribution in [0, 0.1) is 34.6 Å². The molecule has 1 aliphatic heterocycles. The molecule has 0 fully saturated rings. The molecular weight excluding hydrogens is 879 g/mol. The first-order valence-corrected chi connectivity index (χ1v) is 29.6. The number of hydrogen-bond donors (Lipinski definition) is 0. The van der Waals surface area contributed by atoms with E-state index in [-0.39, 0.29) is 16.5 Å². The molecule has 396 valence electrons. The predicted octanol–water partition coefficient (Wildman–Crippen LogP) is 22.6. The van der Waals surface area contributed by atoms with Gasteiger partial charge in [-0.3, -0.25) is 0 Å². The minimum Gasteiger partial charge on any atom is -0.493 e. The molecule has 1 aliphatic rings. The number of allylic oxidation sites excluding steroid dienone is 4. The van der Waals surface area contributed by atoms with E-state index in [0.29, 0.717) is 0 Å². The van der Waals surface area contributed by atoms with Gasteiger partial charge in [-0.2, -0.15) is 12.8 Å². The topological polar surface area (TPSA) is 25.3 Å². The quantitative estimate of drug-likeness (QED) is 0.0279. The van der Waals surface area contributed by atoms with E-state index in [1.165, 1.54) is 224 Å². The molecule has 3 heteroatoms. The second-order valence-electron chi connectivity index (χ2n) is 20.6. The van der Waals surface area contributed by atoms with Crippen LogP contribution in [-0.4, -0.2) is 4.70 Å². The standard InChI is InChI=1S/C58H94N2.2C4H9.Ni/c1-9-14-19-20-21-22-23-24-25-26-27-28-29-30-31-32-33-34-35-36-37-42-56-55(41-18-13-5)58(60(59)57(56)52-43-47(6)49(8)48(7)44-52)53-45-50(38-15-10-2)54(40-17-12-4)51(46-53)39-16-11-3;2*1-3-4-2;/h37,42-46H,9-36,38-41H2,1-8H3;2*1,3-4H2,2H3;/q;2*-1;+2. The van der Waals surface area contributed by atoms with Crippen LogP contribution in [-0.2, 0) is 35.8 Å². The fraction of sp³-hybridized carbons (Fsp3) is 0.697. The molecule has 1 heterocycles. The van der Waals surface area contributed by atoms with Gasteiger partial charge in [-0.05, 0) is 143 Å². The molecule has 0 amide bonds. The van der Waals surface area contributed by atoms with Crippen molar-refractivity contribution in [3.63, 3.8) is 0 Å². The van der Waals surface area contributed by atoms with Gasteiger partial charge in [0.05, 0.1) is 5.57 Å². The van der Waals surface area contributed by atoms with Crippen molar-refractivity contribution in [3.8, 4) is 0 Å². The Labute approximate surface area is 442 Å². The number of unbranched alkanes of at least 4 members (excludes halogenated alkanes) is 25. The van der Waals surface area contributed by atoms with Crippen molar-refractivity contribution in [3.05, 3.63) is 111 Å². The van der Waals surface area contributed by atoms with Crippen molar-refractivity contribution in [2.24, 2.45) is 0 Å². The van der Waals surface area contributed by atoms with Crippen molar-refractivity contribution in [1.29, 1.82) is 0 Å². The normalized spacial score (nSPS) is 12.4. The van der Waals surface area contributed by atoms with E-state index in [2.05, 4.69) is 120 Å². The second-order valence-corrected chi connectivity index (χ2v) is 20.6. The van der Waals surface area contributed by atoms with Gasteiger partial charge in [0.15, 0.2) is 0 Å². The van der Waals surface area contributed by atoms with E-state index in [4.69, 9.17) is 0 Å². The van der Waals surface area contributed by atoms with E-state index in [9.17, 15) is 5.53 Å². The molecule has 0 bridgehead atoms. The Kier molecular flexibility index (Phi) is 43.0. The molecular formula is C66H112N2Ni. The summed E-state index contributed by atoms with van der Waals surface area (Å²) >= 11 is 0. The van der Waals surface area contributed by atoms with Crippen molar-refractivity contribution in [2.75, 3.05) is 0 Å². The Morgan fingerprint density at radius 1 is 0.435 bits per heavy atom.